The lowest BCUT2D eigenvalue weighted by molar-refractivity contribution is -0.385. The lowest BCUT2D eigenvalue weighted by Crippen LogP contribution is -2.44. The standard InChI is InChI=1S/C16H24N2O4/c1-15(2)9-14(16(3,4)22-15)17-10-13(19)11-6-5-7-12(8-11)18(20)21/h5-8,13-14,17,19H,9-10H2,1-4H3/t13-,14-/m1/s1. The van der Waals surface area contributed by atoms with Crippen molar-refractivity contribution in [3.8, 4) is 0 Å². The van der Waals surface area contributed by atoms with Crippen molar-refractivity contribution in [1.29, 1.82) is 0 Å². The second-order valence-electron chi connectivity index (χ2n) is 7.00. The molecule has 122 valence electrons. The van der Waals surface area contributed by atoms with Crippen molar-refractivity contribution in [2.24, 2.45) is 0 Å². The maximum Gasteiger partial charge on any atom is 0.269 e. The van der Waals surface area contributed by atoms with E-state index in [1.54, 1.807) is 12.1 Å². The number of ether oxygens (including phenoxy) is 1. The van der Waals surface area contributed by atoms with Crippen LogP contribution in [0.4, 0.5) is 5.69 Å². The smallest absolute Gasteiger partial charge is 0.269 e. The lowest BCUT2D eigenvalue weighted by atomic mass is 9.94. The van der Waals surface area contributed by atoms with Crippen molar-refractivity contribution in [3.05, 3.63) is 39.9 Å². The molecule has 0 saturated carbocycles. The van der Waals surface area contributed by atoms with Gasteiger partial charge in [-0.15, -0.1) is 0 Å². The van der Waals surface area contributed by atoms with Gasteiger partial charge >= 0.3 is 0 Å². The first-order chi connectivity index (χ1) is 10.1. The fourth-order valence-corrected chi connectivity index (χ4v) is 3.10. The average molecular weight is 308 g/mol. The van der Waals surface area contributed by atoms with E-state index in [0.29, 0.717) is 12.1 Å². The van der Waals surface area contributed by atoms with Crippen LogP contribution in [0.2, 0.25) is 0 Å². The molecule has 6 heteroatoms. The summed E-state index contributed by atoms with van der Waals surface area (Å²) in [5, 5.41) is 24.4. The van der Waals surface area contributed by atoms with Gasteiger partial charge in [0.2, 0.25) is 0 Å². The van der Waals surface area contributed by atoms with Gasteiger partial charge < -0.3 is 15.2 Å². The van der Waals surface area contributed by atoms with Gasteiger partial charge in [-0.2, -0.15) is 0 Å². The summed E-state index contributed by atoms with van der Waals surface area (Å²) in [6, 6.07) is 6.23. The van der Waals surface area contributed by atoms with Gasteiger partial charge in [-0.3, -0.25) is 10.1 Å². The third kappa shape index (κ3) is 3.82. The van der Waals surface area contributed by atoms with Crippen LogP contribution in [-0.4, -0.2) is 33.8 Å². The second kappa shape index (κ2) is 5.95. The highest BCUT2D eigenvalue weighted by Crippen LogP contribution is 2.37. The molecule has 0 bridgehead atoms. The normalized spacial score (nSPS) is 24.1. The number of nitro groups is 1. The van der Waals surface area contributed by atoms with Gasteiger partial charge in [0.1, 0.15) is 0 Å². The van der Waals surface area contributed by atoms with Gasteiger partial charge in [0.05, 0.1) is 22.2 Å². The number of nitro benzene ring substituents is 1. The molecule has 0 aliphatic carbocycles. The molecule has 1 aliphatic rings. The summed E-state index contributed by atoms with van der Waals surface area (Å²) in [5.41, 5.74) is 0.0173. The zero-order valence-electron chi connectivity index (χ0n) is 13.5. The summed E-state index contributed by atoms with van der Waals surface area (Å²) in [5.74, 6) is 0. The van der Waals surface area contributed by atoms with E-state index < -0.39 is 11.0 Å². The largest absolute Gasteiger partial charge is 0.387 e. The van der Waals surface area contributed by atoms with Crippen molar-refractivity contribution in [3.63, 3.8) is 0 Å². The molecule has 1 aromatic rings. The van der Waals surface area contributed by atoms with Crippen LogP contribution in [0.3, 0.4) is 0 Å². The molecule has 0 amide bonds. The predicted octanol–water partition coefficient (Wildman–Crippen LogP) is 2.56. The number of hydrogen-bond acceptors (Lipinski definition) is 5. The fourth-order valence-electron chi connectivity index (χ4n) is 3.10. The highest BCUT2D eigenvalue weighted by Gasteiger charge is 2.45. The summed E-state index contributed by atoms with van der Waals surface area (Å²) < 4.78 is 6.00. The molecular formula is C16H24N2O4. The van der Waals surface area contributed by atoms with E-state index in [1.807, 2.05) is 27.7 Å². The molecule has 0 aromatic heterocycles. The van der Waals surface area contributed by atoms with E-state index in [4.69, 9.17) is 4.74 Å². The van der Waals surface area contributed by atoms with Crippen molar-refractivity contribution in [1.82, 2.24) is 5.32 Å². The zero-order chi connectivity index (χ0) is 16.5. The minimum atomic E-state index is -0.792. The summed E-state index contributed by atoms with van der Waals surface area (Å²) >= 11 is 0. The Kier molecular flexibility index (Phi) is 4.56. The number of nitrogens with zero attached hydrogens (tertiary/aromatic N) is 1. The van der Waals surface area contributed by atoms with Crippen LogP contribution >= 0.6 is 0 Å². The Bertz CT molecular complexity index is 557. The maximum absolute atomic E-state index is 10.8. The fraction of sp³-hybridized carbons (Fsp3) is 0.625. The Morgan fingerprint density at radius 2 is 2.14 bits per heavy atom. The highest BCUT2D eigenvalue weighted by molar-refractivity contribution is 5.35. The van der Waals surface area contributed by atoms with Crippen LogP contribution in [0.5, 0.6) is 0 Å². The number of rotatable bonds is 5. The summed E-state index contributed by atoms with van der Waals surface area (Å²) in [6.07, 6.45) is 0.0567. The minimum absolute atomic E-state index is 0.0118. The average Bonchev–Trinajstić information content (AvgIpc) is 2.63. The van der Waals surface area contributed by atoms with Gasteiger partial charge in [0.15, 0.2) is 0 Å². The molecular weight excluding hydrogens is 284 g/mol. The topological polar surface area (TPSA) is 84.6 Å². The third-order valence-corrected chi connectivity index (χ3v) is 4.10. The number of hydrogen-bond donors (Lipinski definition) is 2. The van der Waals surface area contributed by atoms with Crippen LogP contribution in [0.1, 0.15) is 45.8 Å². The van der Waals surface area contributed by atoms with Crippen LogP contribution in [0.25, 0.3) is 0 Å². The molecule has 2 atom stereocenters. The van der Waals surface area contributed by atoms with Crippen LogP contribution in [0, 0.1) is 10.1 Å². The quantitative estimate of drug-likeness (QED) is 0.645. The van der Waals surface area contributed by atoms with Gasteiger partial charge in [0, 0.05) is 24.7 Å². The first kappa shape index (κ1) is 16.9. The van der Waals surface area contributed by atoms with E-state index in [1.165, 1.54) is 12.1 Å². The Morgan fingerprint density at radius 3 is 2.68 bits per heavy atom. The number of benzene rings is 1. The molecule has 0 radical (unpaired) electrons. The van der Waals surface area contributed by atoms with Gasteiger partial charge in [0.25, 0.3) is 5.69 Å². The molecule has 1 aromatic carbocycles. The predicted molar refractivity (Wildman–Crippen MR) is 83.7 cm³/mol. The Balaban J connectivity index is 2.00. The lowest BCUT2D eigenvalue weighted by Gasteiger charge is -2.28. The van der Waals surface area contributed by atoms with Crippen LogP contribution in [0.15, 0.2) is 24.3 Å². The molecule has 6 nitrogen and oxygen atoms in total. The molecule has 1 aliphatic heterocycles. The molecule has 1 fully saturated rings. The van der Waals surface area contributed by atoms with Crippen molar-refractivity contribution in [2.75, 3.05) is 6.54 Å². The SMILES string of the molecule is CC1(C)C[C@@H](NC[C@@H](O)c2cccc([N+](=O)[O-])c2)C(C)(C)O1. The van der Waals surface area contributed by atoms with Crippen molar-refractivity contribution < 1.29 is 14.8 Å². The molecule has 1 heterocycles. The first-order valence-corrected chi connectivity index (χ1v) is 7.47. The van der Waals surface area contributed by atoms with E-state index in [-0.39, 0.29) is 22.9 Å². The first-order valence-electron chi connectivity index (χ1n) is 7.47. The molecule has 1 saturated heterocycles. The third-order valence-electron chi connectivity index (χ3n) is 4.10. The van der Waals surface area contributed by atoms with Crippen LogP contribution in [-0.2, 0) is 4.74 Å². The van der Waals surface area contributed by atoms with E-state index in [9.17, 15) is 15.2 Å². The Labute approximate surface area is 130 Å². The number of aliphatic hydroxyl groups is 1. The Morgan fingerprint density at radius 1 is 1.45 bits per heavy atom. The number of non-ortho nitro benzene ring substituents is 1. The van der Waals surface area contributed by atoms with Gasteiger partial charge in [-0.05, 0) is 39.7 Å². The van der Waals surface area contributed by atoms with E-state index >= 15 is 0 Å². The van der Waals surface area contributed by atoms with Gasteiger partial charge in [-0.25, -0.2) is 0 Å². The molecule has 2 N–H and O–H groups in total. The Hall–Kier alpha value is -1.50. The van der Waals surface area contributed by atoms with Crippen LogP contribution < -0.4 is 5.32 Å². The molecule has 0 spiro atoms. The monoisotopic (exact) mass is 308 g/mol. The molecule has 0 unspecified atom stereocenters. The maximum atomic E-state index is 10.8. The molecule has 22 heavy (non-hydrogen) atoms. The summed E-state index contributed by atoms with van der Waals surface area (Å²) in [4.78, 5) is 10.3. The van der Waals surface area contributed by atoms with Crippen molar-refractivity contribution >= 4 is 5.69 Å². The second-order valence-corrected chi connectivity index (χ2v) is 7.00. The minimum Gasteiger partial charge on any atom is -0.387 e. The number of nitrogens with one attached hydrogen (secondary N) is 1. The van der Waals surface area contributed by atoms with E-state index in [0.717, 1.165) is 6.42 Å². The highest BCUT2D eigenvalue weighted by atomic mass is 16.6. The zero-order valence-corrected chi connectivity index (χ0v) is 13.5. The van der Waals surface area contributed by atoms with Gasteiger partial charge in [-0.1, -0.05) is 12.1 Å². The summed E-state index contributed by atoms with van der Waals surface area (Å²) in [6.45, 7) is 8.48. The molecule has 2 rings (SSSR count). The van der Waals surface area contributed by atoms with Crippen molar-refractivity contribution in [2.45, 2.75) is 57.5 Å². The summed E-state index contributed by atoms with van der Waals surface area (Å²) in [7, 11) is 0. The van der Waals surface area contributed by atoms with E-state index in [2.05, 4.69) is 5.32 Å². The number of aliphatic hydroxyl groups excluding tert-OH is 1.